The standard InChI is InChI=1S/C26H26N2O4S/c1-32-24(30)10-9-23-22(11-12-27-23)25(31)26(33-21-5-3-2-4-6-21)18-8-7-17-14-20(28-16-29)15-19(17)13-18/h2-8,11-13,16,20,26-27H,9-10,14-15H2,1H3,(H,28,29). The molecule has 1 amide bonds. The maximum Gasteiger partial charge on any atom is 0.305 e. The number of aromatic amines is 1. The molecule has 0 bridgehead atoms. The lowest BCUT2D eigenvalue weighted by Crippen LogP contribution is -2.27. The Morgan fingerprint density at radius 3 is 2.70 bits per heavy atom. The number of benzene rings is 2. The largest absolute Gasteiger partial charge is 0.469 e. The van der Waals surface area contributed by atoms with Crippen molar-refractivity contribution in [2.45, 2.75) is 41.9 Å². The van der Waals surface area contributed by atoms with Crippen LogP contribution >= 0.6 is 11.8 Å². The molecule has 33 heavy (non-hydrogen) atoms. The summed E-state index contributed by atoms with van der Waals surface area (Å²) in [7, 11) is 1.36. The molecule has 2 atom stereocenters. The number of ether oxygens (including phenoxy) is 1. The van der Waals surface area contributed by atoms with Crippen LogP contribution in [-0.4, -0.2) is 36.3 Å². The molecule has 0 aliphatic heterocycles. The highest BCUT2D eigenvalue weighted by atomic mass is 32.2. The van der Waals surface area contributed by atoms with E-state index in [1.807, 2.05) is 36.4 Å². The first-order valence-corrected chi connectivity index (χ1v) is 11.8. The number of thioether (sulfide) groups is 1. The lowest BCUT2D eigenvalue weighted by atomic mass is 9.98. The summed E-state index contributed by atoms with van der Waals surface area (Å²) in [5, 5.41) is 2.42. The third kappa shape index (κ3) is 5.37. The molecule has 4 rings (SSSR count). The maximum absolute atomic E-state index is 13.8. The molecular formula is C26H26N2O4S. The van der Waals surface area contributed by atoms with Crippen LogP contribution in [0.15, 0.2) is 65.7 Å². The number of hydrogen-bond acceptors (Lipinski definition) is 5. The summed E-state index contributed by atoms with van der Waals surface area (Å²) in [6, 6.07) is 17.9. The molecule has 0 spiro atoms. The van der Waals surface area contributed by atoms with Crippen molar-refractivity contribution < 1.29 is 19.1 Å². The summed E-state index contributed by atoms with van der Waals surface area (Å²) in [6.07, 6.45) is 4.66. The van der Waals surface area contributed by atoms with E-state index < -0.39 is 5.25 Å². The maximum atomic E-state index is 13.8. The van der Waals surface area contributed by atoms with E-state index in [1.165, 1.54) is 30.0 Å². The van der Waals surface area contributed by atoms with Gasteiger partial charge < -0.3 is 15.0 Å². The molecule has 1 heterocycles. The van der Waals surface area contributed by atoms with Gasteiger partial charge in [0.15, 0.2) is 5.78 Å². The summed E-state index contributed by atoms with van der Waals surface area (Å²) < 4.78 is 4.74. The molecule has 2 unspecified atom stereocenters. The molecule has 0 fully saturated rings. The SMILES string of the molecule is COC(=O)CCc1[nH]ccc1C(=O)C(Sc1ccccc1)c1ccc2c(c1)CC(NC=O)C2. The van der Waals surface area contributed by atoms with Crippen molar-refractivity contribution in [2.75, 3.05) is 7.11 Å². The van der Waals surface area contributed by atoms with Crippen molar-refractivity contribution >= 4 is 29.9 Å². The van der Waals surface area contributed by atoms with Gasteiger partial charge in [0.1, 0.15) is 0 Å². The number of rotatable bonds is 10. The number of nitrogens with one attached hydrogen (secondary N) is 2. The molecular weight excluding hydrogens is 436 g/mol. The van der Waals surface area contributed by atoms with Gasteiger partial charge in [0.25, 0.3) is 0 Å². The van der Waals surface area contributed by atoms with Crippen LogP contribution in [0.4, 0.5) is 0 Å². The Morgan fingerprint density at radius 2 is 1.94 bits per heavy atom. The van der Waals surface area contributed by atoms with Crippen LogP contribution in [0.2, 0.25) is 0 Å². The van der Waals surface area contributed by atoms with Crippen LogP contribution in [0.1, 0.15) is 44.4 Å². The number of hydrogen-bond donors (Lipinski definition) is 2. The number of Topliss-reactive ketones (excluding diaryl/α,β-unsaturated/α-hetero) is 1. The molecule has 1 aliphatic carbocycles. The van der Waals surface area contributed by atoms with Crippen LogP contribution in [0, 0.1) is 0 Å². The number of esters is 1. The van der Waals surface area contributed by atoms with Gasteiger partial charge in [-0.2, -0.15) is 0 Å². The van der Waals surface area contributed by atoms with Gasteiger partial charge in [-0.3, -0.25) is 14.4 Å². The molecule has 6 nitrogen and oxygen atoms in total. The summed E-state index contributed by atoms with van der Waals surface area (Å²) in [5.41, 5.74) is 4.63. The van der Waals surface area contributed by atoms with E-state index in [2.05, 4.69) is 22.4 Å². The highest BCUT2D eigenvalue weighted by Crippen LogP contribution is 2.40. The van der Waals surface area contributed by atoms with Crippen LogP contribution < -0.4 is 5.32 Å². The molecule has 0 saturated heterocycles. The van der Waals surface area contributed by atoms with E-state index in [-0.39, 0.29) is 24.2 Å². The van der Waals surface area contributed by atoms with E-state index in [1.54, 1.807) is 12.3 Å². The first kappa shape index (κ1) is 22.9. The number of fused-ring (bicyclic) bond motifs is 1. The molecule has 1 aliphatic rings. The Labute approximate surface area is 197 Å². The number of ketones is 1. The summed E-state index contributed by atoms with van der Waals surface area (Å²) in [5.74, 6) is -0.319. The van der Waals surface area contributed by atoms with Crippen molar-refractivity contribution in [3.05, 3.63) is 88.7 Å². The van der Waals surface area contributed by atoms with E-state index in [4.69, 9.17) is 4.74 Å². The predicted octanol–water partition coefficient (Wildman–Crippen LogP) is 4.05. The summed E-state index contributed by atoms with van der Waals surface area (Å²) >= 11 is 1.52. The number of carbonyl (C=O) groups excluding carboxylic acids is 3. The Kier molecular flexibility index (Phi) is 7.29. The third-order valence-electron chi connectivity index (χ3n) is 5.91. The molecule has 7 heteroatoms. The van der Waals surface area contributed by atoms with Gasteiger partial charge in [0.05, 0.1) is 18.8 Å². The van der Waals surface area contributed by atoms with Crippen LogP contribution in [-0.2, 0) is 33.6 Å². The minimum absolute atomic E-state index is 0.00881. The molecule has 1 aromatic heterocycles. The zero-order chi connectivity index (χ0) is 23.2. The van der Waals surface area contributed by atoms with Crippen molar-refractivity contribution in [2.24, 2.45) is 0 Å². The number of aryl methyl sites for hydroxylation is 1. The van der Waals surface area contributed by atoms with Crippen LogP contribution in [0.3, 0.4) is 0 Å². The van der Waals surface area contributed by atoms with Crippen molar-refractivity contribution in [3.8, 4) is 0 Å². The zero-order valence-electron chi connectivity index (χ0n) is 18.4. The van der Waals surface area contributed by atoms with E-state index in [9.17, 15) is 14.4 Å². The molecule has 3 aromatic rings. The fourth-order valence-electron chi connectivity index (χ4n) is 4.24. The zero-order valence-corrected chi connectivity index (χ0v) is 19.2. The predicted molar refractivity (Wildman–Crippen MR) is 127 cm³/mol. The number of carbonyl (C=O) groups is 3. The van der Waals surface area contributed by atoms with Gasteiger partial charge in [-0.05, 0) is 54.2 Å². The minimum Gasteiger partial charge on any atom is -0.469 e. The molecule has 2 N–H and O–H groups in total. The van der Waals surface area contributed by atoms with Crippen molar-refractivity contribution in [1.82, 2.24) is 10.3 Å². The molecule has 170 valence electrons. The smallest absolute Gasteiger partial charge is 0.305 e. The van der Waals surface area contributed by atoms with Crippen molar-refractivity contribution in [1.29, 1.82) is 0 Å². The third-order valence-corrected chi connectivity index (χ3v) is 7.18. The minimum atomic E-state index is -0.441. The number of amides is 1. The Bertz CT molecular complexity index is 1140. The first-order valence-electron chi connectivity index (χ1n) is 10.9. The van der Waals surface area contributed by atoms with Crippen LogP contribution in [0.25, 0.3) is 0 Å². The molecule has 0 saturated carbocycles. The van der Waals surface area contributed by atoms with Crippen molar-refractivity contribution in [3.63, 3.8) is 0 Å². The number of methoxy groups -OCH3 is 1. The quantitative estimate of drug-likeness (QED) is 0.205. The second kappa shape index (κ2) is 10.5. The first-order chi connectivity index (χ1) is 16.1. The fraction of sp³-hybridized carbons (Fsp3) is 0.269. The van der Waals surface area contributed by atoms with Gasteiger partial charge in [-0.25, -0.2) is 0 Å². The normalized spacial score (nSPS) is 15.5. The van der Waals surface area contributed by atoms with Gasteiger partial charge in [0, 0.05) is 28.4 Å². The molecule has 0 radical (unpaired) electrons. The van der Waals surface area contributed by atoms with Gasteiger partial charge in [-0.1, -0.05) is 36.4 Å². The second-order valence-corrected chi connectivity index (χ2v) is 9.22. The number of H-pyrrole nitrogens is 1. The van der Waals surface area contributed by atoms with Gasteiger partial charge >= 0.3 is 5.97 Å². The average molecular weight is 463 g/mol. The van der Waals surface area contributed by atoms with E-state index in [0.717, 1.165) is 35.4 Å². The average Bonchev–Trinajstić information content (AvgIpc) is 3.47. The summed E-state index contributed by atoms with van der Waals surface area (Å²) in [4.78, 5) is 40.4. The second-order valence-electron chi connectivity index (χ2n) is 8.04. The van der Waals surface area contributed by atoms with E-state index in [0.29, 0.717) is 12.0 Å². The number of aromatic nitrogens is 1. The lowest BCUT2D eigenvalue weighted by Gasteiger charge is -2.18. The highest BCUT2D eigenvalue weighted by molar-refractivity contribution is 8.00. The van der Waals surface area contributed by atoms with Crippen LogP contribution in [0.5, 0.6) is 0 Å². The summed E-state index contributed by atoms with van der Waals surface area (Å²) in [6.45, 7) is 0. The Balaban J connectivity index is 1.64. The monoisotopic (exact) mass is 462 g/mol. The highest BCUT2D eigenvalue weighted by Gasteiger charge is 2.28. The lowest BCUT2D eigenvalue weighted by molar-refractivity contribution is -0.140. The van der Waals surface area contributed by atoms with E-state index >= 15 is 0 Å². The van der Waals surface area contributed by atoms with Gasteiger partial charge in [-0.15, -0.1) is 11.8 Å². The Morgan fingerprint density at radius 1 is 1.15 bits per heavy atom. The van der Waals surface area contributed by atoms with Gasteiger partial charge in [0.2, 0.25) is 6.41 Å². The topological polar surface area (TPSA) is 88.3 Å². The Hall–Kier alpha value is -3.32. The molecule has 2 aromatic carbocycles. The fourth-order valence-corrected chi connectivity index (χ4v) is 5.34.